The van der Waals surface area contributed by atoms with E-state index in [1.165, 1.54) is 25.0 Å². The van der Waals surface area contributed by atoms with Crippen LogP contribution in [0.4, 0.5) is 0 Å². The normalized spacial score (nSPS) is 14.0. The molecular weight excluding hydrogens is 494 g/mol. The van der Waals surface area contributed by atoms with Crippen molar-refractivity contribution in [2.75, 3.05) is 0 Å². The number of nitrogens with zero attached hydrogens (tertiary/aromatic N) is 2. The van der Waals surface area contributed by atoms with Crippen molar-refractivity contribution in [3.05, 3.63) is 36.4 Å². The first-order valence-corrected chi connectivity index (χ1v) is 10.8. The molecule has 0 radical (unpaired) electrons. The van der Waals surface area contributed by atoms with E-state index in [-0.39, 0.29) is 12.8 Å². The number of amides is 4. The highest BCUT2D eigenvalue weighted by molar-refractivity contribution is 5.97. The van der Waals surface area contributed by atoms with Gasteiger partial charge in [0.1, 0.15) is 18.1 Å². The second-order valence-electron chi connectivity index (χ2n) is 7.96. The molecule has 200 valence electrons. The summed E-state index contributed by atoms with van der Waals surface area (Å²) in [4.78, 5) is 85.4. The number of aromatic amines is 2. The molecule has 17 nitrogen and oxygen atoms in total. The summed E-state index contributed by atoms with van der Waals surface area (Å²) in [7, 11) is 0. The molecule has 2 aromatic heterocycles. The van der Waals surface area contributed by atoms with E-state index in [1.54, 1.807) is 0 Å². The molecule has 4 atom stereocenters. The first-order chi connectivity index (χ1) is 17.5. The van der Waals surface area contributed by atoms with Gasteiger partial charge in [0.05, 0.1) is 31.5 Å². The highest BCUT2D eigenvalue weighted by Crippen LogP contribution is 2.04. The molecule has 17 heteroatoms. The van der Waals surface area contributed by atoms with E-state index in [0.29, 0.717) is 11.4 Å². The predicted octanol–water partition coefficient (Wildman–Crippen LogP) is -3.87. The second kappa shape index (κ2) is 13.3. The first kappa shape index (κ1) is 28.4. The van der Waals surface area contributed by atoms with Gasteiger partial charge >= 0.3 is 11.9 Å². The summed E-state index contributed by atoms with van der Waals surface area (Å²) in [6.45, 7) is 0. The van der Waals surface area contributed by atoms with Crippen molar-refractivity contribution in [1.82, 2.24) is 35.9 Å². The molecule has 2 heterocycles. The summed E-state index contributed by atoms with van der Waals surface area (Å²) < 4.78 is 0. The number of nitrogens with one attached hydrogen (secondary N) is 5. The number of aromatic nitrogens is 4. The van der Waals surface area contributed by atoms with Gasteiger partial charge < -0.3 is 47.6 Å². The Balaban J connectivity index is 2.11. The van der Waals surface area contributed by atoms with Crippen LogP contribution in [0.2, 0.25) is 0 Å². The zero-order valence-corrected chi connectivity index (χ0v) is 19.3. The quantitative estimate of drug-likeness (QED) is 0.109. The minimum Gasteiger partial charge on any atom is -0.481 e. The number of H-pyrrole nitrogens is 2. The van der Waals surface area contributed by atoms with Gasteiger partial charge in [0.2, 0.25) is 23.6 Å². The summed E-state index contributed by atoms with van der Waals surface area (Å²) in [6.07, 6.45) is 3.66. The Hall–Kier alpha value is -4.80. The van der Waals surface area contributed by atoms with Crippen LogP contribution in [0.1, 0.15) is 24.2 Å². The number of hydrogen-bond donors (Lipinski definition) is 9. The van der Waals surface area contributed by atoms with Crippen LogP contribution in [0, 0.1) is 0 Å². The number of hydrogen-bond acceptors (Lipinski definition) is 9. The van der Waals surface area contributed by atoms with E-state index in [0.717, 1.165) is 0 Å². The molecule has 0 saturated heterocycles. The third-order valence-corrected chi connectivity index (χ3v) is 4.97. The van der Waals surface area contributed by atoms with Gasteiger partial charge in [-0.05, 0) is 0 Å². The fourth-order valence-electron chi connectivity index (χ4n) is 3.16. The Morgan fingerprint density at radius 1 is 0.784 bits per heavy atom. The highest BCUT2D eigenvalue weighted by atomic mass is 16.4. The minimum absolute atomic E-state index is 0.00680. The summed E-state index contributed by atoms with van der Waals surface area (Å²) in [5, 5.41) is 25.2. The third-order valence-electron chi connectivity index (χ3n) is 4.97. The SMILES string of the molecule is NC(=O)CC(NC(=O)C(CC(=O)O)NC(=O)C(N)Cc1cnc[nH]1)C(=O)NC(Cc1cnc[nH]1)C(=O)O. The molecule has 0 aliphatic carbocycles. The van der Waals surface area contributed by atoms with Crippen molar-refractivity contribution in [2.45, 2.75) is 49.9 Å². The number of carboxylic acids is 2. The fraction of sp³-hybridized carbons (Fsp3) is 0.400. The summed E-state index contributed by atoms with van der Waals surface area (Å²) in [5.74, 6) is -6.95. The standard InChI is InChI=1S/C20H27N9O8/c21-11(1-9-5-23-7-25-9)17(33)27-13(4-16(31)32)19(35)28-12(3-15(22)30)18(34)29-14(20(36)37)2-10-6-24-8-26-10/h5-8,11-14H,1-4,21H2,(H2,22,30)(H,23,25)(H,24,26)(H,27,33)(H,28,35)(H,29,34)(H,31,32)(H,36,37). The number of aliphatic carboxylic acids is 2. The lowest BCUT2D eigenvalue weighted by Gasteiger charge is -2.24. The Morgan fingerprint density at radius 2 is 1.27 bits per heavy atom. The molecule has 0 spiro atoms. The van der Waals surface area contributed by atoms with Gasteiger partial charge in [-0.15, -0.1) is 0 Å². The van der Waals surface area contributed by atoms with E-state index in [1.807, 2.05) is 0 Å². The van der Waals surface area contributed by atoms with Gasteiger partial charge in [-0.3, -0.25) is 24.0 Å². The number of imidazole rings is 2. The van der Waals surface area contributed by atoms with Gasteiger partial charge in [0.15, 0.2) is 0 Å². The molecule has 2 aromatic rings. The Labute approximate surface area is 208 Å². The van der Waals surface area contributed by atoms with Gasteiger partial charge in [-0.1, -0.05) is 0 Å². The van der Waals surface area contributed by atoms with Gasteiger partial charge in [0, 0.05) is 36.6 Å². The van der Waals surface area contributed by atoms with Crippen LogP contribution < -0.4 is 27.4 Å². The fourth-order valence-corrected chi connectivity index (χ4v) is 3.16. The monoisotopic (exact) mass is 521 g/mol. The molecule has 0 saturated carbocycles. The summed E-state index contributed by atoms with van der Waals surface area (Å²) in [5.41, 5.74) is 11.9. The van der Waals surface area contributed by atoms with E-state index in [2.05, 4.69) is 35.9 Å². The van der Waals surface area contributed by atoms with Gasteiger partial charge in [-0.25, -0.2) is 14.8 Å². The maximum atomic E-state index is 12.8. The van der Waals surface area contributed by atoms with Crippen LogP contribution in [0.3, 0.4) is 0 Å². The van der Waals surface area contributed by atoms with E-state index < -0.39 is 72.6 Å². The first-order valence-electron chi connectivity index (χ1n) is 10.8. The molecule has 11 N–H and O–H groups in total. The zero-order valence-electron chi connectivity index (χ0n) is 19.3. The Bertz CT molecular complexity index is 1100. The molecule has 4 unspecified atom stereocenters. The van der Waals surface area contributed by atoms with Crippen LogP contribution in [0.15, 0.2) is 25.0 Å². The average Bonchev–Trinajstić information content (AvgIpc) is 3.51. The molecular formula is C20H27N9O8. The number of carbonyl (C=O) groups excluding carboxylic acids is 4. The molecule has 0 fully saturated rings. The van der Waals surface area contributed by atoms with Crippen LogP contribution in [-0.4, -0.2) is 89.9 Å². The Kier molecular flexibility index (Phi) is 10.2. The van der Waals surface area contributed by atoms with Gasteiger partial charge in [-0.2, -0.15) is 0 Å². The molecule has 0 aliphatic heterocycles. The lowest BCUT2D eigenvalue weighted by Crippen LogP contribution is -2.58. The molecule has 0 aromatic carbocycles. The maximum absolute atomic E-state index is 12.8. The lowest BCUT2D eigenvalue weighted by molar-refractivity contribution is -0.143. The topological polar surface area (TPSA) is 288 Å². The molecule has 0 aliphatic rings. The number of rotatable bonds is 15. The van der Waals surface area contributed by atoms with Crippen LogP contribution in [-0.2, 0) is 41.6 Å². The van der Waals surface area contributed by atoms with Crippen LogP contribution in [0.25, 0.3) is 0 Å². The van der Waals surface area contributed by atoms with E-state index >= 15 is 0 Å². The average molecular weight is 521 g/mol. The van der Waals surface area contributed by atoms with Crippen molar-refractivity contribution in [3.8, 4) is 0 Å². The van der Waals surface area contributed by atoms with Crippen molar-refractivity contribution in [2.24, 2.45) is 11.5 Å². The largest absolute Gasteiger partial charge is 0.481 e. The molecule has 37 heavy (non-hydrogen) atoms. The van der Waals surface area contributed by atoms with Crippen molar-refractivity contribution < 1.29 is 39.0 Å². The third kappa shape index (κ3) is 9.40. The van der Waals surface area contributed by atoms with Crippen LogP contribution >= 0.6 is 0 Å². The number of carbonyl (C=O) groups is 6. The van der Waals surface area contributed by atoms with E-state index in [9.17, 15) is 39.0 Å². The summed E-state index contributed by atoms with van der Waals surface area (Å²) in [6, 6.07) is -5.98. The Morgan fingerprint density at radius 3 is 1.73 bits per heavy atom. The van der Waals surface area contributed by atoms with Crippen LogP contribution in [0.5, 0.6) is 0 Å². The lowest BCUT2D eigenvalue weighted by atomic mass is 10.1. The predicted molar refractivity (Wildman–Crippen MR) is 122 cm³/mol. The summed E-state index contributed by atoms with van der Waals surface area (Å²) >= 11 is 0. The van der Waals surface area contributed by atoms with Crippen molar-refractivity contribution >= 4 is 35.6 Å². The van der Waals surface area contributed by atoms with E-state index in [4.69, 9.17) is 11.5 Å². The maximum Gasteiger partial charge on any atom is 0.326 e. The molecule has 4 amide bonds. The van der Waals surface area contributed by atoms with Gasteiger partial charge in [0.25, 0.3) is 0 Å². The number of primary amides is 1. The van der Waals surface area contributed by atoms with Crippen molar-refractivity contribution in [3.63, 3.8) is 0 Å². The second-order valence-corrected chi connectivity index (χ2v) is 7.96. The molecule has 2 rings (SSSR count). The zero-order chi connectivity index (χ0) is 27.5. The van der Waals surface area contributed by atoms with Crippen molar-refractivity contribution in [1.29, 1.82) is 0 Å². The minimum atomic E-state index is -1.68. The highest BCUT2D eigenvalue weighted by Gasteiger charge is 2.32. The smallest absolute Gasteiger partial charge is 0.326 e. The molecule has 0 bridgehead atoms. The number of carboxylic acid groups (broad SMARTS) is 2. The number of nitrogens with two attached hydrogens (primary N) is 2.